The fourth-order valence-electron chi connectivity index (χ4n) is 3.70. The molecule has 1 heterocycles. The topological polar surface area (TPSA) is 87.7 Å². The number of nitrogens with zero attached hydrogens (tertiary/aromatic N) is 1. The summed E-state index contributed by atoms with van der Waals surface area (Å²) in [5, 5.41) is 6.51. The number of carbonyl (C=O) groups excluding carboxylic acids is 3. The fraction of sp³-hybridized carbons (Fsp3) is 0.458. The number of rotatable bonds is 7. The second kappa shape index (κ2) is 10.2. The van der Waals surface area contributed by atoms with Crippen LogP contribution in [0.15, 0.2) is 24.3 Å². The van der Waals surface area contributed by atoms with Crippen molar-refractivity contribution >= 4 is 39.8 Å². The molecule has 32 heavy (non-hydrogen) atoms. The van der Waals surface area contributed by atoms with Crippen LogP contribution in [-0.4, -0.2) is 49.4 Å². The normalized spacial score (nSPS) is 15.1. The van der Waals surface area contributed by atoms with E-state index in [9.17, 15) is 14.4 Å². The summed E-state index contributed by atoms with van der Waals surface area (Å²) in [6.07, 6.45) is 2.50. The average molecular weight is 458 g/mol. The Morgan fingerprint density at radius 3 is 2.69 bits per heavy atom. The Kier molecular flexibility index (Phi) is 7.56. The maximum Gasteiger partial charge on any atom is 0.341 e. The van der Waals surface area contributed by atoms with E-state index in [-0.39, 0.29) is 30.4 Å². The van der Waals surface area contributed by atoms with E-state index in [1.165, 1.54) is 16.2 Å². The van der Waals surface area contributed by atoms with Crippen molar-refractivity contribution in [1.82, 2.24) is 4.90 Å². The molecule has 172 valence electrons. The van der Waals surface area contributed by atoms with Crippen LogP contribution in [0, 0.1) is 5.92 Å². The number of carbonyl (C=O) groups is 3. The first-order valence-electron chi connectivity index (χ1n) is 10.9. The maximum absolute atomic E-state index is 12.8. The van der Waals surface area contributed by atoms with Crippen molar-refractivity contribution in [1.29, 1.82) is 0 Å². The molecule has 7 nitrogen and oxygen atoms in total. The van der Waals surface area contributed by atoms with Crippen LogP contribution in [0.4, 0.5) is 10.7 Å². The van der Waals surface area contributed by atoms with E-state index >= 15 is 0 Å². The highest BCUT2D eigenvalue weighted by Gasteiger charge is 2.29. The van der Waals surface area contributed by atoms with E-state index < -0.39 is 0 Å². The van der Waals surface area contributed by atoms with Gasteiger partial charge in [-0.15, -0.1) is 11.3 Å². The quantitative estimate of drug-likeness (QED) is 0.609. The number of nitrogens with one attached hydrogen (secondary N) is 2. The molecule has 8 heteroatoms. The van der Waals surface area contributed by atoms with E-state index in [2.05, 4.69) is 17.6 Å². The molecular formula is C24H31N3O4S. The summed E-state index contributed by atoms with van der Waals surface area (Å²) in [5.74, 6) is -0.202. The zero-order chi connectivity index (χ0) is 23.4. The molecule has 0 saturated carbocycles. The SMILES string of the molecule is CC(C)OC(=O)c1c(NC(=O)CNc2cccc(C(=O)N(C)C)c2)sc2c1CC[C@@H](C)C2. The molecule has 0 bridgehead atoms. The minimum absolute atomic E-state index is 0.0112. The van der Waals surface area contributed by atoms with E-state index in [4.69, 9.17) is 4.74 Å². The lowest BCUT2D eigenvalue weighted by Crippen LogP contribution is -2.24. The Balaban J connectivity index is 1.73. The molecule has 1 aliphatic carbocycles. The third-order valence-electron chi connectivity index (χ3n) is 5.28. The van der Waals surface area contributed by atoms with Gasteiger partial charge < -0.3 is 20.3 Å². The molecule has 2 N–H and O–H groups in total. The van der Waals surface area contributed by atoms with Gasteiger partial charge in [0.25, 0.3) is 5.91 Å². The Bertz CT molecular complexity index is 1010. The van der Waals surface area contributed by atoms with Gasteiger partial charge in [0.2, 0.25) is 5.91 Å². The Labute approximate surface area is 193 Å². The molecule has 1 atom stereocenters. The summed E-state index contributed by atoms with van der Waals surface area (Å²) in [7, 11) is 3.39. The minimum atomic E-state index is -0.384. The molecule has 2 amide bonds. The first kappa shape index (κ1) is 23.8. The predicted octanol–water partition coefficient (Wildman–Crippen LogP) is 4.19. The summed E-state index contributed by atoms with van der Waals surface area (Å²) in [5.41, 5.74) is 2.72. The Hall–Kier alpha value is -2.87. The van der Waals surface area contributed by atoms with Gasteiger partial charge in [0.15, 0.2) is 0 Å². The van der Waals surface area contributed by atoms with Crippen molar-refractivity contribution in [3.8, 4) is 0 Å². The first-order valence-corrected chi connectivity index (χ1v) is 11.7. The standard InChI is InChI=1S/C24H31N3O4S/c1-14(2)31-24(30)21-18-10-9-15(3)11-19(18)32-22(21)26-20(28)13-25-17-8-6-7-16(12-17)23(29)27(4)5/h6-8,12,14-15,25H,9-11,13H2,1-5H3,(H,26,28)/t15-/m1/s1. The van der Waals surface area contributed by atoms with Gasteiger partial charge in [-0.25, -0.2) is 4.79 Å². The monoisotopic (exact) mass is 457 g/mol. The number of thiophene rings is 1. The maximum atomic E-state index is 12.8. The first-order chi connectivity index (χ1) is 15.2. The molecule has 0 saturated heterocycles. The zero-order valence-corrected chi connectivity index (χ0v) is 20.1. The van der Waals surface area contributed by atoms with Crippen LogP contribution in [0.3, 0.4) is 0 Å². The van der Waals surface area contributed by atoms with Crippen molar-refractivity contribution in [2.45, 2.75) is 46.1 Å². The van der Waals surface area contributed by atoms with Crippen LogP contribution in [0.25, 0.3) is 0 Å². The summed E-state index contributed by atoms with van der Waals surface area (Å²) < 4.78 is 5.46. The van der Waals surface area contributed by atoms with Crippen LogP contribution in [-0.2, 0) is 22.4 Å². The van der Waals surface area contributed by atoms with Crippen molar-refractivity contribution in [2.75, 3.05) is 31.3 Å². The van der Waals surface area contributed by atoms with Crippen molar-refractivity contribution in [3.05, 3.63) is 45.8 Å². The third-order valence-corrected chi connectivity index (χ3v) is 6.45. The van der Waals surface area contributed by atoms with Gasteiger partial charge in [0.1, 0.15) is 5.00 Å². The summed E-state index contributed by atoms with van der Waals surface area (Å²) in [4.78, 5) is 40.3. The van der Waals surface area contributed by atoms with E-state index in [1.807, 2.05) is 13.8 Å². The van der Waals surface area contributed by atoms with Gasteiger partial charge in [-0.2, -0.15) is 0 Å². The summed E-state index contributed by atoms with van der Waals surface area (Å²) in [6, 6.07) is 7.02. The van der Waals surface area contributed by atoms with Crippen LogP contribution >= 0.6 is 11.3 Å². The molecule has 3 rings (SSSR count). The van der Waals surface area contributed by atoms with Crippen molar-refractivity contribution < 1.29 is 19.1 Å². The molecule has 0 unspecified atom stereocenters. The van der Waals surface area contributed by atoms with Gasteiger partial charge in [-0.1, -0.05) is 13.0 Å². The number of hydrogen-bond acceptors (Lipinski definition) is 6. The van der Waals surface area contributed by atoms with E-state index in [0.717, 1.165) is 29.7 Å². The fourth-order valence-corrected chi connectivity index (χ4v) is 5.12. The van der Waals surface area contributed by atoms with Crippen LogP contribution < -0.4 is 10.6 Å². The van der Waals surface area contributed by atoms with Crippen LogP contribution in [0.2, 0.25) is 0 Å². The molecule has 2 aromatic rings. The Morgan fingerprint density at radius 2 is 2.00 bits per heavy atom. The van der Waals surface area contributed by atoms with Gasteiger partial charge in [-0.05, 0) is 62.8 Å². The lowest BCUT2D eigenvalue weighted by molar-refractivity contribution is -0.114. The van der Waals surface area contributed by atoms with Gasteiger partial charge in [0, 0.05) is 30.2 Å². The zero-order valence-electron chi connectivity index (χ0n) is 19.3. The van der Waals surface area contributed by atoms with E-state index in [0.29, 0.717) is 27.7 Å². The molecule has 1 aromatic heterocycles. The smallest absolute Gasteiger partial charge is 0.341 e. The third kappa shape index (κ3) is 5.68. The van der Waals surface area contributed by atoms with Gasteiger partial charge >= 0.3 is 5.97 Å². The van der Waals surface area contributed by atoms with Crippen molar-refractivity contribution in [2.24, 2.45) is 5.92 Å². The average Bonchev–Trinajstić information content (AvgIpc) is 3.08. The molecular weight excluding hydrogens is 426 g/mol. The molecule has 0 radical (unpaired) electrons. The minimum Gasteiger partial charge on any atom is -0.459 e. The molecule has 0 spiro atoms. The molecule has 1 aromatic carbocycles. The van der Waals surface area contributed by atoms with Gasteiger partial charge in [-0.3, -0.25) is 9.59 Å². The lowest BCUT2D eigenvalue weighted by atomic mass is 9.88. The lowest BCUT2D eigenvalue weighted by Gasteiger charge is -2.19. The van der Waals surface area contributed by atoms with Crippen LogP contribution in [0.5, 0.6) is 0 Å². The second-order valence-electron chi connectivity index (χ2n) is 8.69. The second-order valence-corrected chi connectivity index (χ2v) is 9.80. The number of amides is 2. The highest BCUT2D eigenvalue weighted by Crippen LogP contribution is 2.40. The Morgan fingerprint density at radius 1 is 1.25 bits per heavy atom. The number of ether oxygens (including phenoxy) is 1. The number of hydrogen-bond donors (Lipinski definition) is 2. The number of anilines is 2. The predicted molar refractivity (Wildman–Crippen MR) is 128 cm³/mol. The number of benzene rings is 1. The highest BCUT2D eigenvalue weighted by atomic mass is 32.1. The molecule has 1 aliphatic rings. The summed E-state index contributed by atoms with van der Waals surface area (Å²) >= 11 is 1.47. The van der Waals surface area contributed by atoms with Crippen LogP contribution in [0.1, 0.15) is 58.3 Å². The summed E-state index contributed by atoms with van der Waals surface area (Å²) in [6.45, 7) is 5.84. The highest BCUT2D eigenvalue weighted by molar-refractivity contribution is 7.17. The number of esters is 1. The number of fused-ring (bicyclic) bond motifs is 1. The molecule has 0 fully saturated rings. The van der Waals surface area contributed by atoms with Crippen molar-refractivity contribution in [3.63, 3.8) is 0 Å². The molecule has 0 aliphatic heterocycles. The van der Waals surface area contributed by atoms with Gasteiger partial charge in [0.05, 0.1) is 18.2 Å². The van der Waals surface area contributed by atoms with E-state index in [1.54, 1.807) is 38.4 Å². The largest absolute Gasteiger partial charge is 0.459 e.